The van der Waals surface area contributed by atoms with Gasteiger partial charge < -0.3 is 19.5 Å². The molecule has 120 valence electrons. The van der Waals surface area contributed by atoms with Crippen molar-refractivity contribution in [2.45, 2.75) is 0 Å². The van der Waals surface area contributed by atoms with E-state index in [9.17, 15) is 0 Å². The van der Waals surface area contributed by atoms with Gasteiger partial charge in [-0.3, -0.25) is 0 Å². The molecule has 0 bridgehead atoms. The predicted octanol–water partition coefficient (Wildman–Crippen LogP) is 4.11. The normalized spacial score (nSPS) is 10.6. The molecule has 23 heavy (non-hydrogen) atoms. The number of methoxy groups -OCH3 is 3. The highest BCUT2D eigenvalue weighted by Crippen LogP contribution is 2.41. The van der Waals surface area contributed by atoms with Gasteiger partial charge in [-0.15, -0.1) is 11.3 Å². The van der Waals surface area contributed by atoms with Gasteiger partial charge in [0.25, 0.3) is 0 Å². The quantitative estimate of drug-likeness (QED) is 0.698. The number of hydrogen-bond acceptors (Lipinski definition) is 7. The molecule has 6 nitrogen and oxygen atoms in total. The van der Waals surface area contributed by atoms with Crippen LogP contribution in [0.3, 0.4) is 0 Å². The van der Waals surface area contributed by atoms with E-state index in [-0.39, 0.29) is 5.28 Å². The molecule has 0 amide bonds. The zero-order valence-electron chi connectivity index (χ0n) is 12.7. The Morgan fingerprint density at radius 2 is 1.78 bits per heavy atom. The van der Waals surface area contributed by atoms with Crippen LogP contribution in [-0.4, -0.2) is 31.3 Å². The second-order valence-electron chi connectivity index (χ2n) is 4.54. The Bertz CT molecular complexity index is 828. The zero-order valence-corrected chi connectivity index (χ0v) is 14.3. The molecule has 0 fully saturated rings. The number of hydrogen-bond donors (Lipinski definition) is 1. The van der Waals surface area contributed by atoms with Gasteiger partial charge in [0.05, 0.1) is 31.7 Å². The molecule has 0 aliphatic heterocycles. The summed E-state index contributed by atoms with van der Waals surface area (Å²) in [6.07, 6.45) is 1.70. The number of halogens is 1. The maximum atomic E-state index is 5.88. The van der Waals surface area contributed by atoms with Crippen LogP contribution in [0.15, 0.2) is 23.7 Å². The lowest BCUT2D eigenvalue weighted by molar-refractivity contribution is 0.324. The maximum absolute atomic E-state index is 5.88. The highest BCUT2D eigenvalue weighted by Gasteiger charge is 2.14. The van der Waals surface area contributed by atoms with Gasteiger partial charge in [0.2, 0.25) is 11.0 Å². The van der Waals surface area contributed by atoms with Crippen LogP contribution in [0.2, 0.25) is 5.28 Å². The number of benzene rings is 1. The summed E-state index contributed by atoms with van der Waals surface area (Å²) in [7, 11) is 4.72. The summed E-state index contributed by atoms with van der Waals surface area (Å²) in [5.41, 5.74) is 2.39. The van der Waals surface area contributed by atoms with E-state index in [1.54, 1.807) is 27.5 Å². The van der Waals surface area contributed by atoms with Crippen molar-refractivity contribution in [3.63, 3.8) is 0 Å². The Morgan fingerprint density at radius 3 is 2.39 bits per heavy atom. The lowest BCUT2D eigenvalue weighted by Gasteiger charge is -2.14. The van der Waals surface area contributed by atoms with Gasteiger partial charge in [-0.1, -0.05) is 0 Å². The predicted molar refractivity (Wildman–Crippen MR) is 91.8 cm³/mol. The van der Waals surface area contributed by atoms with Crippen molar-refractivity contribution in [1.29, 1.82) is 0 Å². The standard InChI is InChI=1S/C15H14ClN3O3S/c1-20-10-4-8(5-11(21-2)14(10)22-3)18-9-7-23-12-6-17-15(16)19-13(9)12/h4-7,18H,1-3H3. The average Bonchev–Trinajstić information content (AvgIpc) is 2.96. The van der Waals surface area contributed by atoms with Crippen molar-refractivity contribution in [1.82, 2.24) is 9.97 Å². The number of anilines is 2. The minimum absolute atomic E-state index is 0.212. The second-order valence-corrected chi connectivity index (χ2v) is 5.79. The molecule has 1 aromatic carbocycles. The van der Waals surface area contributed by atoms with Crippen molar-refractivity contribution in [2.24, 2.45) is 0 Å². The van der Waals surface area contributed by atoms with Crippen LogP contribution in [0.5, 0.6) is 17.2 Å². The first-order valence-electron chi connectivity index (χ1n) is 6.63. The van der Waals surface area contributed by atoms with E-state index in [2.05, 4.69) is 15.3 Å². The molecular formula is C15H14ClN3O3S. The number of thiophene rings is 1. The van der Waals surface area contributed by atoms with Crippen LogP contribution in [0.1, 0.15) is 0 Å². The molecule has 8 heteroatoms. The highest BCUT2D eigenvalue weighted by molar-refractivity contribution is 7.17. The Labute approximate surface area is 142 Å². The summed E-state index contributed by atoms with van der Waals surface area (Å²) in [4.78, 5) is 8.25. The topological polar surface area (TPSA) is 65.5 Å². The van der Waals surface area contributed by atoms with Crippen molar-refractivity contribution >= 4 is 44.5 Å². The van der Waals surface area contributed by atoms with E-state index in [4.69, 9.17) is 25.8 Å². The van der Waals surface area contributed by atoms with E-state index < -0.39 is 0 Å². The van der Waals surface area contributed by atoms with Gasteiger partial charge in [0, 0.05) is 29.4 Å². The van der Waals surface area contributed by atoms with E-state index in [1.807, 2.05) is 17.5 Å². The molecule has 2 heterocycles. The van der Waals surface area contributed by atoms with Crippen LogP contribution in [0.25, 0.3) is 10.2 Å². The first-order chi connectivity index (χ1) is 11.2. The Morgan fingerprint density at radius 1 is 1.09 bits per heavy atom. The molecule has 0 aliphatic rings. The van der Waals surface area contributed by atoms with Gasteiger partial charge in [-0.05, 0) is 11.6 Å². The average molecular weight is 352 g/mol. The minimum Gasteiger partial charge on any atom is -0.493 e. The van der Waals surface area contributed by atoms with Crippen LogP contribution in [-0.2, 0) is 0 Å². The first-order valence-corrected chi connectivity index (χ1v) is 7.88. The summed E-state index contributed by atoms with van der Waals surface area (Å²) in [5, 5.41) is 5.47. The Balaban J connectivity index is 2.03. The van der Waals surface area contributed by atoms with Gasteiger partial charge in [-0.2, -0.15) is 0 Å². The van der Waals surface area contributed by atoms with Crippen molar-refractivity contribution in [3.05, 3.63) is 29.0 Å². The lowest BCUT2D eigenvalue weighted by Crippen LogP contribution is -1.98. The molecule has 0 unspecified atom stereocenters. The maximum Gasteiger partial charge on any atom is 0.223 e. The van der Waals surface area contributed by atoms with Gasteiger partial charge in [0.1, 0.15) is 5.52 Å². The first kappa shape index (κ1) is 15.6. The van der Waals surface area contributed by atoms with Crippen molar-refractivity contribution < 1.29 is 14.2 Å². The SMILES string of the molecule is COc1cc(Nc2csc3cnc(Cl)nc23)cc(OC)c1OC. The molecule has 0 saturated heterocycles. The third-order valence-corrected chi connectivity index (χ3v) is 4.32. The van der Waals surface area contributed by atoms with Crippen molar-refractivity contribution in [3.8, 4) is 17.2 Å². The van der Waals surface area contributed by atoms with Gasteiger partial charge in [-0.25, -0.2) is 9.97 Å². The molecule has 0 spiro atoms. The van der Waals surface area contributed by atoms with Gasteiger partial charge >= 0.3 is 0 Å². The van der Waals surface area contributed by atoms with E-state index in [0.29, 0.717) is 17.2 Å². The van der Waals surface area contributed by atoms with E-state index >= 15 is 0 Å². The van der Waals surface area contributed by atoms with Crippen LogP contribution >= 0.6 is 22.9 Å². The minimum atomic E-state index is 0.212. The zero-order chi connectivity index (χ0) is 16.4. The summed E-state index contributed by atoms with van der Waals surface area (Å²) < 4.78 is 17.0. The second kappa shape index (κ2) is 6.47. The molecule has 3 rings (SSSR count). The highest BCUT2D eigenvalue weighted by atomic mass is 35.5. The lowest BCUT2D eigenvalue weighted by atomic mass is 10.2. The van der Waals surface area contributed by atoms with Gasteiger partial charge in [0.15, 0.2) is 11.5 Å². The molecule has 0 aliphatic carbocycles. The number of nitrogens with one attached hydrogen (secondary N) is 1. The number of aromatic nitrogens is 2. The molecule has 3 aromatic rings. The van der Waals surface area contributed by atoms with Crippen LogP contribution in [0, 0.1) is 0 Å². The third kappa shape index (κ3) is 2.97. The fourth-order valence-corrected chi connectivity index (χ4v) is 3.13. The van der Waals surface area contributed by atoms with Crippen LogP contribution < -0.4 is 19.5 Å². The smallest absolute Gasteiger partial charge is 0.223 e. The summed E-state index contributed by atoms with van der Waals surface area (Å²) in [6.45, 7) is 0. The Hall–Kier alpha value is -2.25. The number of rotatable bonds is 5. The molecule has 0 atom stereocenters. The third-order valence-electron chi connectivity index (χ3n) is 3.23. The molecule has 1 N–H and O–H groups in total. The fourth-order valence-electron chi connectivity index (χ4n) is 2.20. The fraction of sp³-hybridized carbons (Fsp3) is 0.200. The molecular weight excluding hydrogens is 338 g/mol. The Kier molecular flexibility index (Phi) is 4.40. The molecule has 0 radical (unpaired) electrons. The van der Waals surface area contributed by atoms with Crippen molar-refractivity contribution in [2.75, 3.05) is 26.6 Å². The monoisotopic (exact) mass is 351 g/mol. The molecule has 2 aromatic heterocycles. The summed E-state index contributed by atoms with van der Waals surface area (Å²) >= 11 is 7.42. The van der Waals surface area contributed by atoms with Crippen LogP contribution in [0.4, 0.5) is 11.4 Å². The number of nitrogens with zero attached hydrogens (tertiary/aromatic N) is 2. The summed E-state index contributed by atoms with van der Waals surface area (Å²) in [5.74, 6) is 1.68. The largest absolute Gasteiger partial charge is 0.493 e. The van der Waals surface area contributed by atoms with E-state index in [0.717, 1.165) is 21.6 Å². The number of ether oxygens (including phenoxy) is 3. The molecule has 0 saturated carbocycles. The number of fused-ring (bicyclic) bond motifs is 1. The summed E-state index contributed by atoms with van der Waals surface area (Å²) in [6, 6.07) is 3.65. The van der Waals surface area contributed by atoms with E-state index in [1.165, 1.54) is 11.3 Å².